The van der Waals surface area contributed by atoms with Crippen molar-refractivity contribution in [1.29, 1.82) is 0 Å². The molecule has 0 radical (unpaired) electrons. The molecule has 0 saturated heterocycles. The molecule has 4 nitrogen and oxygen atoms in total. The molecule has 0 rings (SSSR count). The lowest BCUT2D eigenvalue weighted by Gasteiger charge is -2.24. The summed E-state index contributed by atoms with van der Waals surface area (Å²) in [5.41, 5.74) is 0. The van der Waals surface area contributed by atoms with E-state index >= 15 is 0 Å². The van der Waals surface area contributed by atoms with Crippen molar-refractivity contribution in [3.05, 3.63) is 0 Å². The van der Waals surface area contributed by atoms with Crippen molar-refractivity contribution in [2.45, 2.75) is 71.3 Å². The molecule has 1 unspecified atom stereocenters. The Kier molecular flexibility index (Phi) is 13.9. The summed E-state index contributed by atoms with van der Waals surface area (Å²) in [6.07, 6.45) is 5.89. The molecule has 0 aliphatic rings. The van der Waals surface area contributed by atoms with Crippen molar-refractivity contribution < 1.29 is 14.7 Å². The van der Waals surface area contributed by atoms with Gasteiger partial charge >= 0.3 is 0 Å². The summed E-state index contributed by atoms with van der Waals surface area (Å²) in [4.78, 5) is 24.8. The Bertz CT molecular complexity index is 310. The lowest BCUT2D eigenvalue weighted by molar-refractivity contribution is -0.120. The van der Waals surface area contributed by atoms with Crippen LogP contribution in [-0.2, 0) is 9.59 Å². The Morgan fingerprint density at radius 2 is 1.64 bits per heavy atom. The molecule has 0 aromatic carbocycles. The van der Waals surface area contributed by atoms with E-state index in [1.165, 1.54) is 0 Å². The van der Waals surface area contributed by atoms with Gasteiger partial charge in [0.1, 0.15) is 11.6 Å². The van der Waals surface area contributed by atoms with Crippen LogP contribution in [0.15, 0.2) is 0 Å². The van der Waals surface area contributed by atoms with Crippen molar-refractivity contribution >= 4 is 23.2 Å². The predicted octanol–water partition coefficient (Wildman–Crippen LogP) is 3.19. The molecule has 0 fully saturated rings. The minimum absolute atomic E-state index is 0.192. The quantitative estimate of drug-likeness (QED) is 0.369. The number of carbonyl (C=O) groups excluding carboxylic acids is 2. The first-order valence-corrected chi connectivity index (χ1v) is 9.00. The highest BCUT2D eigenvalue weighted by atomic mass is 35.5. The topological polar surface area (TPSA) is 57.6 Å². The van der Waals surface area contributed by atoms with Gasteiger partial charge in [-0.05, 0) is 45.7 Å². The van der Waals surface area contributed by atoms with Gasteiger partial charge in [-0.3, -0.25) is 4.79 Å². The number of Topliss-reactive ketones (excluding diaryl/α,β-unsaturated/α-hetero) is 2. The lowest BCUT2D eigenvalue weighted by Crippen LogP contribution is -2.35. The number of alkyl halides is 1. The highest BCUT2D eigenvalue weighted by Gasteiger charge is 2.11. The van der Waals surface area contributed by atoms with Gasteiger partial charge in [0.25, 0.3) is 0 Å². The van der Waals surface area contributed by atoms with Crippen LogP contribution in [0.4, 0.5) is 0 Å². The number of aliphatic hydroxyl groups is 1. The number of carbonyl (C=O) groups is 2. The van der Waals surface area contributed by atoms with Crippen LogP contribution < -0.4 is 0 Å². The SMILES string of the molecule is CCCCN(CCCC(=O)CCCCC(C)=O)CC(O)CCl. The van der Waals surface area contributed by atoms with Gasteiger partial charge in [0.15, 0.2) is 0 Å². The van der Waals surface area contributed by atoms with Crippen molar-refractivity contribution in [3.8, 4) is 0 Å². The van der Waals surface area contributed by atoms with E-state index in [0.717, 1.165) is 45.2 Å². The van der Waals surface area contributed by atoms with Gasteiger partial charge in [-0.1, -0.05) is 13.3 Å². The summed E-state index contributed by atoms with van der Waals surface area (Å²) in [6, 6.07) is 0. The first-order valence-electron chi connectivity index (χ1n) is 8.47. The first-order chi connectivity index (χ1) is 10.5. The molecule has 0 spiro atoms. The lowest BCUT2D eigenvalue weighted by atomic mass is 10.1. The third-order valence-electron chi connectivity index (χ3n) is 3.64. The number of unbranched alkanes of at least 4 members (excludes halogenated alkanes) is 2. The van der Waals surface area contributed by atoms with Crippen LogP contribution in [0.3, 0.4) is 0 Å². The smallest absolute Gasteiger partial charge is 0.132 e. The molecule has 0 heterocycles. The summed E-state index contributed by atoms with van der Waals surface area (Å²) in [5, 5.41) is 9.66. The maximum atomic E-state index is 11.8. The van der Waals surface area contributed by atoms with Crippen molar-refractivity contribution in [2.75, 3.05) is 25.5 Å². The van der Waals surface area contributed by atoms with Crippen LogP contribution in [-0.4, -0.2) is 53.2 Å². The Morgan fingerprint density at radius 3 is 2.23 bits per heavy atom. The number of halogens is 1. The Hall–Kier alpha value is -0.450. The fraction of sp³-hybridized carbons (Fsp3) is 0.882. The summed E-state index contributed by atoms with van der Waals surface area (Å²) in [7, 11) is 0. The molecule has 0 amide bonds. The largest absolute Gasteiger partial charge is 0.391 e. The van der Waals surface area contributed by atoms with E-state index in [0.29, 0.717) is 25.8 Å². The molecular weight excluding hydrogens is 302 g/mol. The highest BCUT2D eigenvalue weighted by molar-refractivity contribution is 6.18. The molecule has 130 valence electrons. The minimum Gasteiger partial charge on any atom is -0.391 e. The average molecular weight is 334 g/mol. The summed E-state index contributed by atoms with van der Waals surface area (Å²) in [5.74, 6) is 0.714. The number of rotatable bonds is 15. The second-order valence-corrected chi connectivity index (χ2v) is 6.32. The molecule has 1 N–H and O–H groups in total. The van der Waals surface area contributed by atoms with Gasteiger partial charge in [0, 0.05) is 31.7 Å². The Morgan fingerprint density at radius 1 is 1.05 bits per heavy atom. The van der Waals surface area contributed by atoms with E-state index in [2.05, 4.69) is 11.8 Å². The van der Waals surface area contributed by atoms with E-state index in [1.54, 1.807) is 6.92 Å². The summed E-state index contributed by atoms with van der Waals surface area (Å²) in [6.45, 7) is 6.07. The fourth-order valence-electron chi connectivity index (χ4n) is 2.34. The number of hydrogen-bond acceptors (Lipinski definition) is 4. The zero-order chi connectivity index (χ0) is 16.8. The third-order valence-corrected chi connectivity index (χ3v) is 4.00. The van der Waals surface area contributed by atoms with Crippen molar-refractivity contribution in [1.82, 2.24) is 4.90 Å². The third kappa shape index (κ3) is 13.2. The van der Waals surface area contributed by atoms with Crippen LogP contribution in [0.2, 0.25) is 0 Å². The van der Waals surface area contributed by atoms with Gasteiger partial charge in [-0.2, -0.15) is 0 Å². The minimum atomic E-state index is -0.499. The number of ketones is 2. The van der Waals surface area contributed by atoms with Crippen LogP contribution in [0.25, 0.3) is 0 Å². The van der Waals surface area contributed by atoms with Crippen molar-refractivity contribution in [2.24, 2.45) is 0 Å². The number of nitrogens with zero attached hydrogens (tertiary/aromatic N) is 1. The molecule has 0 bridgehead atoms. The van der Waals surface area contributed by atoms with Crippen LogP contribution >= 0.6 is 11.6 Å². The van der Waals surface area contributed by atoms with Gasteiger partial charge in [0.05, 0.1) is 6.10 Å². The average Bonchev–Trinajstić information content (AvgIpc) is 2.48. The predicted molar refractivity (Wildman–Crippen MR) is 91.5 cm³/mol. The highest BCUT2D eigenvalue weighted by Crippen LogP contribution is 2.07. The molecule has 5 heteroatoms. The van der Waals surface area contributed by atoms with E-state index in [1.807, 2.05) is 0 Å². The monoisotopic (exact) mass is 333 g/mol. The van der Waals surface area contributed by atoms with E-state index < -0.39 is 6.10 Å². The molecule has 0 aromatic heterocycles. The number of hydrogen-bond donors (Lipinski definition) is 1. The molecule has 1 atom stereocenters. The number of aliphatic hydroxyl groups excluding tert-OH is 1. The van der Waals surface area contributed by atoms with Crippen LogP contribution in [0, 0.1) is 0 Å². The first kappa shape index (κ1) is 21.6. The van der Waals surface area contributed by atoms with Gasteiger partial charge < -0.3 is 14.8 Å². The van der Waals surface area contributed by atoms with Gasteiger partial charge in [-0.15, -0.1) is 11.6 Å². The van der Waals surface area contributed by atoms with Gasteiger partial charge in [0.2, 0.25) is 0 Å². The van der Waals surface area contributed by atoms with Crippen LogP contribution in [0.5, 0.6) is 0 Å². The molecule has 0 aliphatic heterocycles. The van der Waals surface area contributed by atoms with Crippen molar-refractivity contribution in [3.63, 3.8) is 0 Å². The molecule has 0 aromatic rings. The fourth-order valence-corrected chi connectivity index (χ4v) is 2.44. The van der Waals surface area contributed by atoms with E-state index in [4.69, 9.17) is 11.6 Å². The zero-order valence-electron chi connectivity index (χ0n) is 14.2. The molecule has 0 aliphatic carbocycles. The normalized spacial score (nSPS) is 12.6. The molecule has 0 saturated carbocycles. The second kappa shape index (κ2) is 14.2. The summed E-state index contributed by atoms with van der Waals surface area (Å²) < 4.78 is 0. The second-order valence-electron chi connectivity index (χ2n) is 6.01. The standard InChI is InChI=1S/C17H32ClNO3/c1-3-4-11-19(14-17(22)13-18)12-7-10-16(21)9-6-5-8-15(2)20/h17,22H,3-14H2,1-2H3. The van der Waals surface area contributed by atoms with E-state index in [-0.39, 0.29) is 17.4 Å². The molecule has 22 heavy (non-hydrogen) atoms. The Balaban J connectivity index is 3.84. The van der Waals surface area contributed by atoms with Crippen LogP contribution in [0.1, 0.15) is 65.2 Å². The summed E-state index contributed by atoms with van der Waals surface area (Å²) >= 11 is 5.65. The zero-order valence-corrected chi connectivity index (χ0v) is 14.9. The van der Waals surface area contributed by atoms with Gasteiger partial charge in [-0.25, -0.2) is 0 Å². The maximum Gasteiger partial charge on any atom is 0.132 e. The van der Waals surface area contributed by atoms with E-state index in [9.17, 15) is 14.7 Å². The molecular formula is C17H32ClNO3. The Labute approximate surface area is 140 Å². The maximum absolute atomic E-state index is 11.8.